The quantitative estimate of drug-likeness (QED) is 0.588. The number of sulfonamides is 1. The average Bonchev–Trinajstić information content (AvgIpc) is 2.44. The van der Waals surface area contributed by atoms with E-state index in [0.29, 0.717) is 18.4 Å². The summed E-state index contributed by atoms with van der Waals surface area (Å²) in [4.78, 5) is 10.1. The molecular weight excluding hydrogens is 296 g/mol. The summed E-state index contributed by atoms with van der Waals surface area (Å²) in [6.07, 6.45) is 0.820. The van der Waals surface area contributed by atoms with Crippen LogP contribution in [0.1, 0.15) is 32.3 Å². The molecule has 0 amide bonds. The SMILES string of the molecule is CCC(CC)(CO)NS(=O)(=O)c1ccc(C)c([N+](=O)[O-])c1. The molecule has 0 bridgehead atoms. The van der Waals surface area contributed by atoms with Crippen molar-refractivity contribution in [3.63, 3.8) is 0 Å². The van der Waals surface area contributed by atoms with Crippen LogP contribution in [0.25, 0.3) is 0 Å². The van der Waals surface area contributed by atoms with Gasteiger partial charge in [0.05, 0.1) is 22.0 Å². The van der Waals surface area contributed by atoms with Crippen LogP contribution in [-0.2, 0) is 10.0 Å². The van der Waals surface area contributed by atoms with E-state index in [2.05, 4.69) is 4.72 Å². The van der Waals surface area contributed by atoms with Gasteiger partial charge in [-0.05, 0) is 25.8 Å². The zero-order valence-corrected chi connectivity index (χ0v) is 13.1. The third kappa shape index (κ3) is 3.78. The second kappa shape index (κ2) is 6.50. The minimum Gasteiger partial charge on any atom is -0.394 e. The van der Waals surface area contributed by atoms with Gasteiger partial charge in [0.1, 0.15) is 0 Å². The fourth-order valence-electron chi connectivity index (χ4n) is 1.95. The van der Waals surface area contributed by atoms with Crippen molar-refractivity contribution in [1.29, 1.82) is 0 Å². The van der Waals surface area contributed by atoms with E-state index in [0.717, 1.165) is 6.07 Å². The zero-order chi connectivity index (χ0) is 16.3. The maximum absolute atomic E-state index is 12.4. The fraction of sp³-hybridized carbons (Fsp3) is 0.538. The van der Waals surface area contributed by atoms with Crippen LogP contribution in [-0.4, -0.2) is 30.6 Å². The van der Waals surface area contributed by atoms with E-state index >= 15 is 0 Å². The molecule has 0 aliphatic carbocycles. The molecule has 0 fully saturated rings. The van der Waals surface area contributed by atoms with Gasteiger partial charge >= 0.3 is 0 Å². The molecule has 0 heterocycles. The maximum atomic E-state index is 12.4. The summed E-state index contributed by atoms with van der Waals surface area (Å²) in [6, 6.07) is 3.74. The smallest absolute Gasteiger partial charge is 0.273 e. The summed E-state index contributed by atoms with van der Waals surface area (Å²) in [7, 11) is -3.94. The molecule has 1 rings (SSSR count). The first-order valence-corrected chi connectivity index (χ1v) is 8.09. The molecule has 0 saturated heterocycles. The highest BCUT2D eigenvalue weighted by Gasteiger charge is 2.32. The number of nitrogens with zero attached hydrogens (tertiary/aromatic N) is 1. The molecular formula is C13H20N2O5S. The van der Waals surface area contributed by atoms with Gasteiger partial charge in [0, 0.05) is 11.6 Å². The number of nitro groups is 1. The second-order valence-electron chi connectivity index (χ2n) is 4.96. The molecule has 8 heteroatoms. The van der Waals surface area contributed by atoms with E-state index in [9.17, 15) is 23.6 Å². The zero-order valence-electron chi connectivity index (χ0n) is 12.3. The number of nitrogens with one attached hydrogen (secondary N) is 1. The first-order valence-electron chi connectivity index (χ1n) is 6.61. The molecule has 1 aromatic carbocycles. The van der Waals surface area contributed by atoms with E-state index in [4.69, 9.17) is 0 Å². The minimum atomic E-state index is -3.94. The summed E-state index contributed by atoms with van der Waals surface area (Å²) in [5, 5.41) is 20.3. The molecule has 0 radical (unpaired) electrons. The van der Waals surface area contributed by atoms with Crippen LogP contribution in [0, 0.1) is 17.0 Å². The Morgan fingerprint density at radius 2 is 1.90 bits per heavy atom. The lowest BCUT2D eigenvalue weighted by Gasteiger charge is -2.30. The number of hydrogen-bond acceptors (Lipinski definition) is 5. The van der Waals surface area contributed by atoms with Crippen molar-refractivity contribution >= 4 is 15.7 Å². The number of aliphatic hydroxyl groups excluding tert-OH is 1. The van der Waals surface area contributed by atoms with Crippen LogP contribution in [0.15, 0.2) is 23.1 Å². The highest BCUT2D eigenvalue weighted by atomic mass is 32.2. The van der Waals surface area contributed by atoms with E-state index in [-0.39, 0.29) is 17.2 Å². The van der Waals surface area contributed by atoms with Gasteiger partial charge in [-0.15, -0.1) is 0 Å². The van der Waals surface area contributed by atoms with Crippen molar-refractivity contribution in [2.24, 2.45) is 0 Å². The van der Waals surface area contributed by atoms with Gasteiger partial charge < -0.3 is 5.11 Å². The Morgan fingerprint density at radius 1 is 1.33 bits per heavy atom. The third-order valence-corrected chi connectivity index (χ3v) is 5.27. The first-order chi connectivity index (χ1) is 9.71. The number of aliphatic hydroxyl groups is 1. The monoisotopic (exact) mass is 316 g/mol. The number of hydrogen-bond donors (Lipinski definition) is 2. The van der Waals surface area contributed by atoms with Gasteiger partial charge in [-0.3, -0.25) is 10.1 Å². The van der Waals surface area contributed by atoms with Crippen molar-refractivity contribution in [2.75, 3.05) is 6.61 Å². The van der Waals surface area contributed by atoms with E-state index in [1.165, 1.54) is 19.1 Å². The molecule has 7 nitrogen and oxygen atoms in total. The molecule has 0 aromatic heterocycles. The number of nitro benzene ring substituents is 1. The van der Waals surface area contributed by atoms with Crippen molar-refractivity contribution in [1.82, 2.24) is 4.72 Å². The van der Waals surface area contributed by atoms with Crippen molar-refractivity contribution in [3.8, 4) is 0 Å². The van der Waals surface area contributed by atoms with Crippen molar-refractivity contribution in [3.05, 3.63) is 33.9 Å². The number of benzene rings is 1. The van der Waals surface area contributed by atoms with E-state index in [1.54, 1.807) is 13.8 Å². The predicted octanol–water partition coefficient (Wildman–Crippen LogP) is 1.73. The molecule has 1 aromatic rings. The lowest BCUT2D eigenvalue weighted by molar-refractivity contribution is -0.385. The molecule has 0 aliphatic heterocycles. The fourth-order valence-corrected chi connectivity index (χ4v) is 3.50. The Labute approximate surface area is 124 Å². The highest BCUT2D eigenvalue weighted by molar-refractivity contribution is 7.89. The van der Waals surface area contributed by atoms with Crippen molar-refractivity contribution in [2.45, 2.75) is 44.0 Å². The largest absolute Gasteiger partial charge is 0.394 e. The lowest BCUT2D eigenvalue weighted by atomic mass is 9.96. The molecule has 21 heavy (non-hydrogen) atoms. The summed E-state index contributed by atoms with van der Waals surface area (Å²) in [5.74, 6) is 0. The minimum absolute atomic E-state index is 0.181. The second-order valence-corrected chi connectivity index (χ2v) is 6.64. The van der Waals surface area contributed by atoms with Crippen molar-refractivity contribution < 1.29 is 18.4 Å². The normalized spacial score (nSPS) is 12.4. The van der Waals surface area contributed by atoms with Gasteiger partial charge in [-0.1, -0.05) is 19.9 Å². The molecule has 0 atom stereocenters. The van der Waals surface area contributed by atoms with Crippen LogP contribution < -0.4 is 4.72 Å². The Bertz CT molecular complexity index is 615. The predicted molar refractivity (Wildman–Crippen MR) is 78.6 cm³/mol. The van der Waals surface area contributed by atoms with Gasteiger partial charge in [-0.2, -0.15) is 0 Å². The van der Waals surface area contributed by atoms with Crippen LogP contribution in [0.3, 0.4) is 0 Å². The van der Waals surface area contributed by atoms with Gasteiger partial charge in [0.2, 0.25) is 10.0 Å². The number of aryl methyl sites for hydroxylation is 1. The van der Waals surface area contributed by atoms with Crippen LogP contribution in [0.4, 0.5) is 5.69 Å². The maximum Gasteiger partial charge on any atom is 0.273 e. The Balaban J connectivity index is 3.26. The van der Waals surface area contributed by atoms with Gasteiger partial charge in [-0.25, -0.2) is 13.1 Å². The Hall–Kier alpha value is -1.51. The Kier molecular flexibility index (Phi) is 5.43. The lowest BCUT2D eigenvalue weighted by Crippen LogP contribution is -2.50. The summed E-state index contributed by atoms with van der Waals surface area (Å²) in [6.45, 7) is 4.73. The third-order valence-electron chi connectivity index (χ3n) is 3.69. The molecule has 118 valence electrons. The van der Waals surface area contributed by atoms with Crippen LogP contribution in [0.5, 0.6) is 0 Å². The molecule has 2 N–H and O–H groups in total. The standard InChI is InChI=1S/C13H20N2O5S/c1-4-13(5-2,9-16)14-21(19,20)11-7-6-10(3)12(8-11)15(17)18/h6-8,14,16H,4-5,9H2,1-3H3. The average molecular weight is 316 g/mol. The van der Waals surface area contributed by atoms with Crippen LogP contribution in [0.2, 0.25) is 0 Å². The number of rotatable bonds is 7. The Morgan fingerprint density at radius 3 is 2.33 bits per heavy atom. The topological polar surface area (TPSA) is 110 Å². The summed E-state index contributed by atoms with van der Waals surface area (Å²) >= 11 is 0. The molecule has 0 saturated carbocycles. The highest BCUT2D eigenvalue weighted by Crippen LogP contribution is 2.24. The molecule has 0 spiro atoms. The van der Waals surface area contributed by atoms with E-state index in [1.807, 2.05) is 0 Å². The molecule has 0 unspecified atom stereocenters. The van der Waals surface area contributed by atoms with Gasteiger partial charge in [0.15, 0.2) is 0 Å². The van der Waals surface area contributed by atoms with Crippen LogP contribution >= 0.6 is 0 Å². The summed E-state index contributed by atoms with van der Waals surface area (Å²) in [5.41, 5.74) is -0.822. The van der Waals surface area contributed by atoms with Gasteiger partial charge in [0.25, 0.3) is 5.69 Å². The van der Waals surface area contributed by atoms with E-state index < -0.39 is 20.5 Å². The first kappa shape index (κ1) is 17.5. The summed E-state index contributed by atoms with van der Waals surface area (Å²) < 4.78 is 27.2. The molecule has 0 aliphatic rings.